The highest BCUT2D eigenvalue weighted by atomic mass is 32.2. The highest BCUT2D eigenvalue weighted by Gasteiger charge is 2.41. The first kappa shape index (κ1) is 16.3. The Balaban J connectivity index is 1.64. The van der Waals surface area contributed by atoms with Gasteiger partial charge >= 0.3 is 0 Å². The number of ether oxygens (including phenoxy) is 1. The van der Waals surface area contributed by atoms with Gasteiger partial charge < -0.3 is 9.64 Å². The fourth-order valence-electron chi connectivity index (χ4n) is 2.94. The van der Waals surface area contributed by atoms with Gasteiger partial charge in [0.25, 0.3) is 5.91 Å². The topological polar surface area (TPSA) is 63.7 Å². The van der Waals surface area contributed by atoms with Crippen LogP contribution in [-0.2, 0) is 14.6 Å². The van der Waals surface area contributed by atoms with Crippen LogP contribution >= 0.6 is 0 Å². The fraction of sp³-hybridized carbons (Fsp3) is 0.588. The lowest BCUT2D eigenvalue weighted by molar-refractivity contribution is -0.136. The van der Waals surface area contributed by atoms with E-state index in [1.54, 1.807) is 12.1 Å². The Morgan fingerprint density at radius 2 is 2.00 bits per heavy atom. The van der Waals surface area contributed by atoms with Crippen LogP contribution < -0.4 is 4.74 Å². The normalized spacial score (nSPS) is 19.2. The van der Waals surface area contributed by atoms with Gasteiger partial charge in [-0.15, -0.1) is 0 Å². The molecule has 0 spiro atoms. The van der Waals surface area contributed by atoms with E-state index in [9.17, 15) is 13.2 Å². The van der Waals surface area contributed by atoms with Crippen molar-refractivity contribution < 1.29 is 17.9 Å². The van der Waals surface area contributed by atoms with E-state index in [0.29, 0.717) is 17.7 Å². The lowest BCUT2D eigenvalue weighted by atomic mass is 10.1. The van der Waals surface area contributed by atoms with Gasteiger partial charge in [-0.05, 0) is 56.7 Å². The van der Waals surface area contributed by atoms with Crippen molar-refractivity contribution in [2.24, 2.45) is 5.92 Å². The maximum atomic E-state index is 12.5. The summed E-state index contributed by atoms with van der Waals surface area (Å²) in [5.74, 6) is 1.04. The molecule has 0 unspecified atom stereocenters. The molecule has 2 saturated carbocycles. The van der Waals surface area contributed by atoms with Crippen LogP contribution in [0.2, 0.25) is 0 Å². The maximum Gasteiger partial charge on any atom is 0.261 e. The van der Waals surface area contributed by atoms with Crippen molar-refractivity contribution in [3.8, 4) is 5.75 Å². The Labute approximate surface area is 137 Å². The van der Waals surface area contributed by atoms with Crippen LogP contribution in [0.3, 0.4) is 0 Å². The molecular formula is C17H23NO4S. The summed E-state index contributed by atoms with van der Waals surface area (Å²) < 4.78 is 28.7. The third-order valence-corrected chi connectivity index (χ3v) is 5.68. The van der Waals surface area contributed by atoms with E-state index >= 15 is 0 Å². The molecule has 126 valence electrons. The third-order valence-electron chi connectivity index (χ3n) is 4.57. The van der Waals surface area contributed by atoms with E-state index in [1.165, 1.54) is 25.0 Å². The molecule has 5 nitrogen and oxygen atoms in total. The number of hydrogen-bond acceptors (Lipinski definition) is 4. The molecule has 0 N–H and O–H groups in total. The number of carbonyl (C=O) groups excluding carboxylic acids is 1. The molecule has 23 heavy (non-hydrogen) atoms. The second-order valence-electron chi connectivity index (χ2n) is 6.65. The number of carbonyl (C=O) groups is 1. The zero-order valence-corrected chi connectivity index (χ0v) is 14.4. The van der Waals surface area contributed by atoms with Crippen molar-refractivity contribution in [1.29, 1.82) is 0 Å². The third kappa shape index (κ3) is 4.05. The molecule has 0 aromatic heterocycles. The molecule has 6 heteroatoms. The zero-order chi connectivity index (χ0) is 16.6. The van der Waals surface area contributed by atoms with Crippen molar-refractivity contribution in [3.63, 3.8) is 0 Å². The average Bonchev–Trinajstić information content (AvgIpc) is 3.37. The highest BCUT2D eigenvalue weighted by molar-refractivity contribution is 7.90. The fourth-order valence-corrected chi connectivity index (χ4v) is 3.59. The van der Waals surface area contributed by atoms with E-state index in [4.69, 9.17) is 4.74 Å². The number of benzene rings is 1. The summed E-state index contributed by atoms with van der Waals surface area (Å²) in [5, 5.41) is 0. The minimum absolute atomic E-state index is 0.00309. The monoisotopic (exact) mass is 337 g/mol. The molecule has 2 fully saturated rings. The summed E-state index contributed by atoms with van der Waals surface area (Å²) in [4.78, 5) is 14.7. The number of rotatable bonds is 7. The molecule has 1 aromatic carbocycles. The summed E-state index contributed by atoms with van der Waals surface area (Å²) in [6.07, 6.45) is 5.71. The predicted molar refractivity (Wildman–Crippen MR) is 87.1 cm³/mol. The summed E-state index contributed by atoms with van der Waals surface area (Å²) in [6.45, 7) is 2.08. The highest BCUT2D eigenvalue weighted by Crippen LogP contribution is 2.39. The van der Waals surface area contributed by atoms with Gasteiger partial charge in [0.2, 0.25) is 0 Å². The Morgan fingerprint density at radius 1 is 1.30 bits per heavy atom. The van der Waals surface area contributed by atoms with E-state index < -0.39 is 9.84 Å². The number of nitrogens with zero attached hydrogens (tertiary/aromatic N) is 1. The lowest BCUT2D eigenvalue weighted by Crippen LogP contribution is -2.44. The van der Waals surface area contributed by atoms with Crippen LogP contribution in [0.1, 0.15) is 32.6 Å². The largest absolute Gasteiger partial charge is 0.484 e. The first-order chi connectivity index (χ1) is 10.9. The number of amides is 1. The van der Waals surface area contributed by atoms with E-state index in [1.807, 2.05) is 4.90 Å². The van der Waals surface area contributed by atoms with Gasteiger partial charge in [-0.2, -0.15) is 0 Å². The molecule has 1 aromatic rings. The molecule has 0 heterocycles. The van der Waals surface area contributed by atoms with Gasteiger partial charge in [0, 0.05) is 18.3 Å². The second kappa shape index (κ2) is 6.15. The van der Waals surface area contributed by atoms with Crippen molar-refractivity contribution in [2.75, 3.05) is 12.9 Å². The quantitative estimate of drug-likeness (QED) is 0.765. The number of hydrogen-bond donors (Lipinski definition) is 0. The second-order valence-corrected chi connectivity index (χ2v) is 8.66. The Bertz CT molecular complexity index is 692. The van der Waals surface area contributed by atoms with Crippen molar-refractivity contribution in [1.82, 2.24) is 4.90 Å². The van der Waals surface area contributed by atoms with Gasteiger partial charge in [0.05, 0.1) is 4.90 Å². The summed E-state index contributed by atoms with van der Waals surface area (Å²) in [5.41, 5.74) is 0. The number of sulfone groups is 1. The average molecular weight is 337 g/mol. The zero-order valence-electron chi connectivity index (χ0n) is 13.6. The minimum Gasteiger partial charge on any atom is -0.484 e. The first-order valence-electron chi connectivity index (χ1n) is 8.10. The molecule has 0 saturated heterocycles. The molecule has 2 aliphatic carbocycles. The first-order valence-corrected chi connectivity index (χ1v) is 9.99. The molecule has 2 aliphatic rings. The van der Waals surface area contributed by atoms with Crippen molar-refractivity contribution >= 4 is 15.7 Å². The van der Waals surface area contributed by atoms with Crippen LogP contribution in [0.25, 0.3) is 0 Å². The van der Waals surface area contributed by atoms with E-state index in [0.717, 1.165) is 19.1 Å². The van der Waals surface area contributed by atoms with Gasteiger partial charge in [-0.25, -0.2) is 8.42 Å². The predicted octanol–water partition coefficient (Wildman–Crippen LogP) is 2.26. The Morgan fingerprint density at radius 3 is 2.57 bits per heavy atom. The van der Waals surface area contributed by atoms with Crippen molar-refractivity contribution in [3.05, 3.63) is 24.3 Å². The maximum absolute atomic E-state index is 12.5. The van der Waals surface area contributed by atoms with Crippen molar-refractivity contribution in [2.45, 2.75) is 49.6 Å². The molecule has 3 rings (SSSR count). The van der Waals surface area contributed by atoms with Gasteiger partial charge in [-0.1, -0.05) is 6.07 Å². The lowest BCUT2D eigenvalue weighted by Gasteiger charge is -2.29. The Kier molecular flexibility index (Phi) is 4.36. The molecule has 1 amide bonds. The molecule has 0 bridgehead atoms. The smallest absolute Gasteiger partial charge is 0.261 e. The van der Waals surface area contributed by atoms with Crippen LogP contribution in [0.4, 0.5) is 0 Å². The van der Waals surface area contributed by atoms with Gasteiger partial charge in [0.1, 0.15) is 5.75 Å². The van der Waals surface area contributed by atoms with E-state index in [-0.39, 0.29) is 23.5 Å². The molecule has 1 atom stereocenters. The van der Waals surface area contributed by atoms with Crippen LogP contribution in [-0.4, -0.2) is 44.2 Å². The van der Waals surface area contributed by atoms with E-state index in [2.05, 4.69) is 6.92 Å². The molecular weight excluding hydrogens is 314 g/mol. The van der Waals surface area contributed by atoms with Gasteiger partial charge in [0.15, 0.2) is 16.4 Å². The summed E-state index contributed by atoms with van der Waals surface area (Å²) in [7, 11) is -3.28. The molecule has 0 aliphatic heterocycles. The SMILES string of the molecule is C[C@@H](C1CC1)N(C(=O)COc1cccc(S(C)(=O)=O)c1)C1CC1. The molecule has 0 radical (unpaired) electrons. The minimum atomic E-state index is -3.28. The van der Waals surface area contributed by atoms with Crippen LogP contribution in [0.15, 0.2) is 29.2 Å². The summed E-state index contributed by atoms with van der Waals surface area (Å²) >= 11 is 0. The summed E-state index contributed by atoms with van der Waals surface area (Å²) in [6, 6.07) is 6.93. The Hall–Kier alpha value is -1.56. The van der Waals surface area contributed by atoms with Crippen LogP contribution in [0.5, 0.6) is 5.75 Å². The van der Waals surface area contributed by atoms with Crippen LogP contribution in [0, 0.1) is 5.92 Å². The van der Waals surface area contributed by atoms with Gasteiger partial charge in [-0.3, -0.25) is 4.79 Å². The standard InChI is InChI=1S/C17H23NO4S/c1-12(13-6-7-13)18(14-8-9-14)17(19)11-22-15-4-3-5-16(10-15)23(2,20)21/h3-5,10,12-14H,6-9,11H2,1-2H3/t12-/m0/s1.